The minimum atomic E-state index is 0.120. The second-order valence-electron chi connectivity index (χ2n) is 4.98. The maximum Gasteiger partial charge on any atom is 0.219 e. The molecule has 134 valence electrons. The van der Waals surface area contributed by atoms with Crippen LogP contribution < -0.4 is 4.74 Å². The lowest BCUT2D eigenvalue weighted by Gasteiger charge is -2.08. The lowest BCUT2D eigenvalue weighted by molar-refractivity contribution is 0.224. The van der Waals surface area contributed by atoms with E-state index >= 15 is 0 Å². The van der Waals surface area contributed by atoms with Gasteiger partial charge in [-0.1, -0.05) is 28.6 Å². The zero-order valence-corrected chi connectivity index (χ0v) is 18.4. The fraction of sp³-hybridized carbons (Fsp3) is 0.250. The van der Waals surface area contributed by atoms with Crippen molar-refractivity contribution < 1.29 is 9.84 Å². The number of halogens is 2. The van der Waals surface area contributed by atoms with Crippen LogP contribution in [-0.4, -0.2) is 37.7 Å². The van der Waals surface area contributed by atoms with Crippen molar-refractivity contribution in [3.8, 4) is 17.0 Å². The average Bonchev–Trinajstić information content (AvgIpc) is 3.19. The van der Waals surface area contributed by atoms with Gasteiger partial charge in [0.15, 0.2) is 0 Å². The van der Waals surface area contributed by atoms with E-state index in [1.165, 1.54) is 0 Å². The van der Waals surface area contributed by atoms with Gasteiger partial charge in [0.25, 0.3) is 0 Å². The second-order valence-corrected chi connectivity index (χ2v) is 7.67. The van der Waals surface area contributed by atoms with Gasteiger partial charge in [-0.2, -0.15) is 10.2 Å². The van der Waals surface area contributed by atoms with Crippen molar-refractivity contribution in [3.63, 3.8) is 0 Å². The fourth-order valence-electron chi connectivity index (χ4n) is 2.30. The summed E-state index contributed by atoms with van der Waals surface area (Å²) in [5, 5.41) is 18.6. The van der Waals surface area contributed by atoms with E-state index in [0.29, 0.717) is 19.4 Å². The van der Waals surface area contributed by atoms with Crippen molar-refractivity contribution >= 4 is 55.2 Å². The van der Waals surface area contributed by atoms with Gasteiger partial charge in [-0.15, -0.1) is 0 Å². The SMILES string of the molecule is C=CBr.Cn1ncc(-c2ccc3c(cnn3PI)c2)c1OCCCO. The van der Waals surface area contributed by atoms with Crippen molar-refractivity contribution in [3.05, 3.63) is 42.2 Å². The minimum Gasteiger partial charge on any atom is -0.477 e. The van der Waals surface area contributed by atoms with Gasteiger partial charge < -0.3 is 9.84 Å². The molecule has 0 radical (unpaired) electrons. The Hall–Kier alpha value is -0.960. The van der Waals surface area contributed by atoms with Crippen LogP contribution in [0.15, 0.2) is 42.2 Å². The van der Waals surface area contributed by atoms with Gasteiger partial charge in [-0.05, 0) is 44.7 Å². The summed E-state index contributed by atoms with van der Waals surface area (Å²) < 4.78 is 9.46. The number of hydrogen-bond donors (Lipinski definition) is 1. The van der Waals surface area contributed by atoms with Crippen molar-refractivity contribution in [2.24, 2.45) is 7.05 Å². The molecule has 1 atom stereocenters. The molecule has 1 N–H and O–H groups in total. The molecule has 3 rings (SSSR count). The summed E-state index contributed by atoms with van der Waals surface area (Å²) in [5.41, 5.74) is 3.13. The van der Waals surface area contributed by atoms with E-state index in [0.717, 1.165) is 27.9 Å². The molecule has 0 aliphatic heterocycles. The summed E-state index contributed by atoms with van der Waals surface area (Å²) in [6.07, 6.45) is 4.88. The van der Waals surface area contributed by atoms with Crippen molar-refractivity contribution in [2.75, 3.05) is 13.2 Å². The van der Waals surface area contributed by atoms with Crippen LogP contribution in [0.2, 0.25) is 0 Å². The number of nitrogens with zero attached hydrogens (tertiary/aromatic N) is 4. The van der Waals surface area contributed by atoms with Crippen LogP contribution in [0, 0.1) is 0 Å². The zero-order chi connectivity index (χ0) is 18.2. The van der Waals surface area contributed by atoms with E-state index in [9.17, 15) is 0 Å². The molecule has 0 aliphatic rings. The first-order valence-electron chi connectivity index (χ1n) is 7.47. The lowest BCUT2D eigenvalue weighted by atomic mass is 10.1. The van der Waals surface area contributed by atoms with Crippen molar-refractivity contribution in [1.29, 1.82) is 0 Å². The quantitative estimate of drug-likeness (QED) is 0.286. The Morgan fingerprint density at radius 1 is 1.40 bits per heavy atom. The Bertz CT molecular complexity index is 837. The average molecular weight is 537 g/mol. The summed E-state index contributed by atoms with van der Waals surface area (Å²) in [6.45, 7) is 3.87. The molecule has 2 aromatic heterocycles. The molecule has 0 aliphatic carbocycles. The summed E-state index contributed by atoms with van der Waals surface area (Å²) in [6, 6.07) is 6.24. The number of aryl methyl sites for hydroxylation is 1. The summed E-state index contributed by atoms with van der Waals surface area (Å²) in [7, 11) is 1.85. The summed E-state index contributed by atoms with van der Waals surface area (Å²) in [5.74, 6) is 0.718. The Balaban J connectivity index is 0.000000701. The molecule has 0 amide bonds. The van der Waals surface area contributed by atoms with Crippen LogP contribution in [0.1, 0.15) is 6.42 Å². The van der Waals surface area contributed by atoms with Crippen LogP contribution in [-0.2, 0) is 7.05 Å². The number of benzene rings is 1. The third-order valence-corrected chi connectivity index (χ3v) is 5.27. The van der Waals surface area contributed by atoms with Crippen molar-refractivity contribution in [1.82, 2.24) is 19.3 Å². The Morgan fingerprint density at radius 2 is 2.16 bits per heavy atom. The van der Waals surface area contributed by atoms with E-state index in [-0.39, 0.29) is 6.61 Å². The fourth-order valence-corrected chi connectivity index (χ4v) is 3.85. The number of ether oxygens (including phenoxy) is 1. The van der Waals surface area contributed by atoms with Crippen LogP contribution in [0.25, 0.3) is 22.0 Å². The third-order valence-electron chi connectivity index (χ3n) is 3.38. The number of aliphatic hydroxyl groups excluding tert-OH is 1. The topological polar surface area (TPSA) is 65.1 Å². The Morgan fingerprint density at radius 3 is 2.84 bits per heavy atom. The first kappa shape index (κ1) is 20.4. The first-order valence-corrected chi connectivity index (χ1v) is 12.5. The van der Waals surface area contributed by atoms with Crippen LogP contribution in [0.4, 0.5) is 0 Å². The molecule has 0 saturated heterocycles. The van der Waals surface area contributed by atoms with Gasteiger partial charge in [0.2, 0.25) is 5.88 Å². The maximum atomic E-state index is 8.88. The van der Waals surface area contributed by atoms with Gasteiger partial charge >= 0.3 is 0 Å². The zero-order valence-electron chi connectivity index (χ0n) is 13.7. The highest BCUT2D eigenvalue weighted by atomic mass is 127. The molecular formula is C16H19BrIN4O2P. The molecule has 0 spiro atoms. The molecule has 0 fully saturated rings. The van der Waals surface area contributed by atoms with Crippen LogP contribution in [0.5, 0.6) is 5.88 Å². The van der Waals surface area contributed by atoms with Crippen molar-refractivity contribution in [2.45, 2.75) is 6.42 Å². The van der Waals surface area contributed by atoms with Crippen LogP contribution >= 0.6 is 44.3 Å². The normalized spacial score (nSPS) is 10.9. The predicted octanol–water partition coefficient (Wildman–Crippen LogP) is 4.51. The van der Waals surface area contributed by atoms with E-state index in [1.807, 2.05) is 17.7 Å². The van der Waals surface area contributed by atoms with E-state index in [2.05, 4.69) is 72.9 Å². The molecule has 25 heavy (non-hydrogen) atoms. The van der Waals surface area contributed by atoms with Gasteiger partial charge in [-0.3, -0.25) is 0 Å². The third kappa shape index (κ3) is 5.03. The number of aromatic nitrogens is 4. The molecule has 6 nitrogen and oxygen atoms in total. The van der Waals surface area contributed by atoms with Crippen LogP contribution in [0.3, 0.4) is 0 Å². The number of aliphatic hydroxyl groups is 1. The van der Waals surface area contributed by atoms with Gasteiger partial charge in [0.1, 0.15) is 0 Å². The Labute approximate surface area is 169 Å². The highest BCUT2D eigenvalue weighted by Crippen LogP contribution is 2.34. The van der Waals surface area contributed by atoms with Gasteiger partial charge in [0, 0.05) is 25.5 Å². The predicted molar refractivity (Wildman–Crippen MR) is 116 cm³/mol. The second kappa shape index (κ2) is 10.3. The summed E-state index contributed by atoms with van der Waals surface area (Å²) >= 11 is 5.23. The molecule has 0 saturated carbocycles. The number of hydrogen-bond acceptors (Lipinski definition) is 4. The minimum absolute atomic E-state index is 0.120. The monoisotopic (exact) mass is 536 g/mol. The number of rotatable bonds is 6. The molecule has 9 heteroatoms. The molecule has 1 aromatic carbocycles. The highest BCUT2D eigenvalue weighted by molar-refractivity contribution is 14.2. The maximum absolute atomic E-state index is 8.88. The molecular weight excluding hydrogens is 518 g/mol. The summed E-state index contributed by atoms with van der Waals surface area (Å²) in [4.78, 5) is 1.56. The first-order chi connectivity index (χ1) is 12.2. The van der Waals surface area contributed by atoms with E-state index in [1.54, 1.807) is 15.9 Å². The van der Waals surface area contributed by atoms with E-state index < -0.39 is 0 Å². The number of fused-ring (bicyclic) bond motifs is 1. The standard InChI is InChI=1S/C14H16IN4O2P.C2H3Br/c1-18-14(21-6-2-5-20)12(9-16-18)10-3-4-13-11(7-10)8-17-19(13)22-15;1-2-3/h3-4,7-9,20,22H,2,5-6H2,1H3;2H,1H2. The van der Waals surface area contributed by atoms with E-state index in [4.69, 9.17) is 9.84 Å². The lowest BCUT2D eigenvalue weighted by Crippen LogP contribution is -2.04. The molecule has 1 unspecified atom stereocenters. The molecule has 0 bridgehead atoms. The molecule has 3 aromatic rings. The highest BCUT2D eigenvalue weighted by Gasteiger charge is 2.13. The Kier molecular flexibility index (Phi) is 8.35. The molecule has 2 heterocycles. The largest absolute Gasteiger partial charge is 0.477 e. The smallest absolute Gasteiger partial charge is 0.219 e. The van der Waals surface area contributed by atoms with Gasteiger partial charge in [-0.25, -0.2) is 9.13 Å². The van der Waals surface area contributed by atoms with Gasteiger partial charge in [0.05, 0.1) is 36.5 Å².